The van der Waals surface area contributed by atoms with Crippen LogP contribution in [0, 0.1) is 13.8 Å². The monoisotopic (exact) mass is 249 g/mol. The second-order valence-electron chi connectivity index (χ2n) is 2.37. The summed E-state index contributed by atoms with van der Waals surface area (Å²) in [5, 5.41) is 0. The van der Waals surface area contributed by atoms with Crippen LogP contribution < -0.4 is 4.16 Å². The molecule has 0 bridgehead atoms. The van der Waals surface area contributed by atoms with E-state index in [2.05, 4.69) is 32.0 Å². The molecule has 0 aliphatic heterocycles. The molecular formula is C8H10BrZn. The third-order valence-electron chi connectivity index (χ3n) is 1.64. The molecule has 1 aromatic carbocycles. The van der Waals surface area contributed by atoms with Crippen LogP contribution in [0.25, 0.3) is 0 Å². The molecule has 51 valence electrons. The molecule has 0 saturated carbocycles. The van der Waals surface area contributed by atoms with Crippen molar-refractivity contribution in [3.63, 3.8) is 0 Å². The standard InChI is InChI=1S/C8H9.BrH.Zn/c1-7-4-3-5-8(2)6-7;;/h3-5H,1-2H3;1H;. The normalized spacial score (nSPS) is 8.80. The number of hydrogen-bond acceptors (Lipinski definition) is 0. The number of halogens is 1. The quantitative estimate of drug-likeness (QED) is 0.619. The molecule has 0 spiro atoms. The maximum atomic E-state index is 2.17. The van der Waals surface area contributed by atoms with Crippen LogP contribution in [0.4, 0.5) is 0 Å². The summed E-state index contributed by atoms with van der Waals surface area (Å²) < 4.78 is 1.54. The molecule has 0 amide bonds. The first-order valence-corrected chi connectivity index (χ1v) is 4.58. The van der Waals surface area contributed by atoms with Crippen LogP contribution in [-0.2, 0) is 18.3 Å². The van der Waals surface area contributed by atoms with E-state index < -0.39 is 0 Å². The zero-order valence-corrected chi connectivity index (χ0v) is 11.0. The Morgan fingerprint density at radius 2 is 1.50 bits per heavy atom. The summed E-state index contributed by atoms with van der Waals surface area (Å²) in [5.74, 6) is 0. The van der Waals surface area contributed by atoms with Gasteiger partial charge in [-0.2, -0.15) is 0 Å². The molecule has 2 heteroatoms. The van der Waals surface area contributed by atoms with Gasteiger partial charge in [-0.15, -0.1) is 17.0 Å². The molecule has 0 heterocycles. The Hall–Kier alpha value is 0.323. The van der Waals surface area contributed by atoms with Crippen molar-refractivity contribution in [2.75, 3.05) is 0 Å². The predicted octanol–water partition coefficient (Wildman–Crippen LogP) is 2.05. The van der Waals surface area contributed by atoms with E-state index in [1.807, 2.05) is 0 Å². The van der Waals surface area contributed by atoms with Gasteiger partial charge in [0.05, 0.1) is 0 Å². The molecule has 0 radical (unpaired) electrons. The Morgan fingerprint density at radius 1 is 1.10 bits per heavy atom. The van der Waals surface area contributed by atoms with Gasteiger partial charge in [0.1, 0.15) is 0 Å². The zero-order chi connectivity index (χ0) is 6.85. The van der Waals surface area contributed by atoms with E-state index >= 15 is 0 Å². The van der Waals surface area contributed by atoms with E-state index in [9.17, 15) is 0 Å². The Balaban J connectivity index is 0.000000810. The Labute approximate surface area is 82.5 Å². The van der Waals surface area contributed by atoms with E-state index in [1.165, 1.54) is 33.6 Å². The summed E-state index contributed by atoms with van der Waals surface area (Å²) in [4.78, 5) is 0. The van der Waals surface area contributed by atoms with E-state index in [1.54, 1.807) is 0 Å². The van der Waals surface area contributed by atoms with E-state index in [4.69, 9.17) is 0 Å². The van der Waals surface area contributed by atoms with Crippen molar-refractivity contribution in [3.8, 4) is 0 Å². The van der Waals surface area contributed by atoms with Crippen molar-refractivity contribution in [2.24, 2.45) is 0 Å². The zero-order valence-electron chi connectivity index (χ0n) is 6.35. The third kappa shape index (κ3) is 2.18. The van der Waals surface area contributed by atoms with E-state index in [-0.39, 0.29) is 17.0 Å². The fourth-order valence-corrected chi connectivity index (χ4v) is 1.34. The first-order valence-electron chi connectivity index (χ1n) is 3.10. The molecule has 10 heavy (non-hydrogen) atoms. The van der Waals surface area contributed by atoms with Gasteiger partial charge in [-0.1, -0.05) is 0 Å². The maximum absolute atomic E-state index is 2.17. The predicted molar refractivity (Wildman–Crippen MR) is 45.9 cm³/mol. The van der Waals surface area contributed by atoms with Crippen LogP contribution >= 0.6 is 17.0 Å². The molecule has 0 fully saturated rings. The number of rotatable bonds is 0. The summed E-state index contributed by atoms with van der Waals surface area (Å²) in [6, 6.07) is 6.46. The van der Waals surface area contributed by atoms with Crippen LogP contribution in [0.5, 0.6) is 0 Å². The van der Waals surface area contributed by atoms with Crippen molar-refractivity contribution in [1.82, 2.24) is 0 Å². The summed E-state index contributed by atoms with van der Waals surface area (Å²) in [6.45, 7) is 4.34. The van der Waals surface area contributed by atoms with Gasteiger partial charge in [0, 0.05) is 0 Å². The Bertz CT molecular complexity index is 200. The van der Waals surface area contributed by atoms with Crippen molar-refractivity contribution in [2.45, 2.75) is 13.8 Å². The summed E-state index contributed by atoms with van der Waals surface area (Å²) in [5.41, 5.74) is 2.88. The van der Waals surface area contributed by atoms with Gasteiger partial charge in [0.2, 0.25) is 0 Å². The molecule has 1 rings (SSSR count). The molecule has 0 aliphatic rings. The third-order valence-corrected chi connectivity index (χ3v) is 3.98. The molecule has 1 aromatic rings. The number of benzene rings is 1. The van der Waals surface area contributed by atoms with Crippen molar-refractivity contribution in [1.29, 1.82) is 0 Å². The van der Waals surface area contributed by atoms with Crippen molar-refractivity contribution >= 4 is 21.1 Å². The number of hydrogen-bond donors (Lipinski definition) is 0. The number of aryl methyl sites for hydroxylation is 2. The van der Waals surface area contributed by atoms with Crippen LogP contribution in [0.1, 0.15) is 11.1 Å². The summed E-state index contributed by atoms with van der Waals surface area (Å²) in [7, 11) is 0. The van der Waals surface area contributed by atoms with Crippen LogP contribution in [0.2, 0.25) is 0 Å². The molecule has 0 N–H and O–H groups in total. The molecule has 0 aliphatic carbocycles. The average Bonchev–Trinajstić information content (AvgIpc) is 1.83. The van der Waals surface area contributed by atoms with E-state index in [0.717, 1.165) is 0 Å². The molecule has 0 unspecified atom stereocenters. The van der Waals surface area contributed by atoms with Crippen molar-refractivity contribution in [3.05, 3.63) is 29.3 Å². The Morgan fingerprint density at radius 3 is 1.80 bits per heavy atom. The topological polar surface area (TPSA) is 0 Å². The second-order valence-corrected chi connectivity index (χ2v) is 3.85. The van der Waals surface area contributed by atoms with Gasteiger partial charge in [-0.3, -0.25) is 0 Å². The van der Waals surface area contributed by atoms with Gasteiger partial charge in [0.25, 0.3) is 0 Å². The van der Waals surface area contributed by atoms with Gasteiger partial charge >= 0.3 is 65.6 Å². The first kappa shape index (κ1) is 10.3. The molecule has 0 aromatic heterocycles. The average molecular weight is 251 g/mol. The minimum absolute atomic E-state index is 0. The fourth-order valence-electron chi connectivity index (χ4n) is 0.849. The molecule has 0 nitrogen and oxygen atoms in total. The van der Waals surface area contributed by atoms with Crippen LogP contribution in [0.3, 0.4) is 0 Å². The fraction of sp³-hybridized carbons (Fsp3) is 0.250. The molecule has 0 atom stereocenters. The van der Waals surface area contributed by atoms with Gasteiger partial charge in [-0.25, -0.2) is 0 Å². The molecule has 0 saturated heterocycles. The Kier molecular flexibility index (Phi) is 4.39. The second kappa shape index (κ2) is 4.25. The van der Waals surface area contributed by atoms with Gasteiger partial charge in [0.15, 0.2) is 0 Å². The summed E-state index contributed by atoms with van der Waals surface area (Å²) in [6.07, 6.45) is 0. The first-order chi connectivity index (χ1) is 4.22. The van der Waals surface area contributed by atoms with Crippen LogP contribution in [0.15, 0.2) is 18.2 Å². The SMILES string of the molecule is Br.Cc1cccc(C)[c]1[Zn]. The molecular weight excluding hydrogens is 241 g/mol. The summed E-state index contributed by atoms with van der Waals surface area (Å²) >= 11 is 1.28. The van der Waals surface area contributed by atoms with Crippen LogP contribution in [-0.4, -0.2) is 0 Å². The van der Waals surface area contributed by atoms with Gasteiger partial charge in [-0.05, 0) is 0 Å². The van der Waals surface area contributed by atoms with Gasteiger partial charge < -0.3 is 0 Å². The van der Waals surface area contributed by atoms with Crippen molar-refractivity contribution < 1.29 is 18.3 Å². The van der Waals surface area contributed by atoms with E-state index in [0.29, 0.717) is 0 Å². The minimum atomic E-state index is 0.